The molecule has 0 unspecified atom stereocenters. The molecular formula is C24H17ClN4O5. The number of non-ortho nitro benzene ring substituents is 1. The third-order valence-corrected chi connectivity index (χ3v) is 5.60. The number of benzene rings is 3. The number of halogens is 1. The minimum Gasteiger partial charge on any atom is -0.454 e. The molecule has 0 bridgehead atoms. The fraction of sp³-hybridized carbons (Fsp3) is 0.0833. The first-order valence-corrected chi connectivity index (χ1v) is 10.6. The summed E-state index contributed by atoms with van der Waals surface area (Å²) in [4.78, 5) is 24.0. The molecule has 5 rings (SSSR count). The van der Waals surface area contributed by atoms with E-state index in [9.17, 15) is 14.9 Å². The third-order valence-electron chi connectivity index (χ3n) is 5.27. The highest BCUT2D eigenvalue weighted by molar-refractivity contribution is 6.33. The van der Waals surface area contributed by atoms with E-state index in [0.717, 1.165) is 5.56 Å². The monoisotopic (exact) mass is 476 g/mol. The summed E-state index contributed by atoms with van der Waals surface area (Å²) in [6.07, 6.45) is 0. The van der Waals surface area contributed by atoms with Crippen molar-refractivity contribution in [1.82, 2.24) is 15.1 Å². The summed E-state index contributed by atoms with van der Waals surface area (Å²) in [5, 5.41) is 19.2. The van der Waals surface area contributed by atoms with Gasteiger partial charge in [-0.2, -0.15) is 5.10 Å². The first-order valence-electron chi connectivity index (χ1n) is 10.3. The molecule has 4 aromatic rings. The largest absolute Gasteiger partial charge is 0.454 e. The maximum absolute atomic E-state index is 13.2. The van der Waals surface area contributed by atoms with Crippen molar-refractivity contribution >= 4 is 23.2 Å². The number of carbonyl (C=O) groups is 1. The molecule has 0 aliphatic carbocycles. The molecule has 1 N–H and O–H groups in total. The number of amides is 1. The second-order valence-corrected chi connectivity index (χ2v) is 7.86. The highest BCUT2D eigenvalue weighted by Gasteiger charge is 2.20. The maximum atomic E-state index is 13.2. The predicted octanol–water partition coefficient (Wildman–Crippen LogP) is 4.76. The molecule has 0 atom stereocenters. The van der Waals surface area contributed by atoms with E-state index < -0.39 is 10.8 Å². The van der Waals surface area contributed by atoms with Gasteiger partial charge in [0.25, 0.3) is 11.6 Å². The van der Waals surface area contributed by atoms with Gasteiger partial charge in [-0.1, -0.05) is 41.9 Å². The lowest BCUT2D eigenvalue weighted by molar-refractivity contribution is -0.384. The van der Waals surface area contributed by atoms with Crippen molar-refractivity contribution in [3.05, 3.63) is 99.2 Å². The van der Waals surface area contributed by atoms with Gasteiger partial charge >= 0.3 is 0 Å². The van der Waals surface area contributed by atoms with Crippen molar-refractivity contribution in [2.24, 2.45) is 0 Å². The molecule has 170 valence electrons. The number of rotatable bonds is 6. The van der Waals surface area contributed by atoms with Gasteiger partial charge in [-0.05, 0) is 35.9 Å². The van der Waals surface area contributed by atoms with E-state index in [-0.39, 0.29) is 24.7 Å². The molecule has 0 radical (unpaired) electrons. The van der Waals surface area contributed by atoms with Crippen LogP contribution in [-0.4, -0.2) is 27.4 Å². The Kier molecular flexibility index (Phi) is 5.60. The number of nitro groups is 1. The first-order chi connectivity index (χ1) is 16.5. The average Bonchev–Trinajstić information content (AvgIpc) is 3.50. The van der Waals surface area contributed by atoms with E-state index >= 15 is 0 Å². The fourth-order valence-electron chi connectivity index (χ4n) is 3.60. The number of aromatic nitrogens is 2. The average molecular weight is 477 g/mol. The highest BCUT2D eigenvalue weighted by atomic mass is 35.5. The van der Waals surface area contributed by atoms with E-state index in [4.69, 9.17) is 21.1 Å². The second-order valence-electron chi connectivity index (χ2n) is 7.45. The normalized spacial score (nSPS) is 11.9. The summed E-state index contributed by atoms with van der Waals surface area (Å²) in [6.45, 7) is 0.398. The van der Waals surface area contributed by atoms with Crippen LogP contribution in [0.15, 0.2) is 72.8 Å². The molecule has 0 fully saturated rings. The van der Waals surface area contributed by atoms with Crippen LogP contribution in [0.4, 0.5) is 5.69 Å². The van der Waals surface area contributed by atoms with E-state index in [2.05, 4.69) is 10.4 Å². The number of nitrogens with one attached hydrogen (secondary N) is 1. The minimum atomic E-state index is -0.499. The first kappa shape index (κ1) is 21.5. The third kappa shape index (κ3) is 4.16. The van der Waals surface area contributed by atoms with Crippen LogP contribution in [0.25, 0.3) is 16.9 Å². The zero-order chi connectivity index (χ0) is 23.7. The Balaban J connectivity index is 1.49. The molecule has 1 aliphatic heterocycles. The Bertz CT molecular complexity index is 1420. The Labute approximate surface area is 198 Å². The van der Waals surface area contributed by atoms with E-state index in [1.54, 1.807) is 48.5 Å². The van der Waals surface area contributed by atoms with Crippen molar-refractivity contribution in [3.8, 4) is 28.4 Å². The number of hydrogen-bond donors (Lipinski definition) is 1. The molecule has 0 saturated carbocycles. The van der Waals surface area contributed by atoms with Crippen molar-refractivity contribution in [2.45, 2.75) is 6.54 Å². The Morgan fingerprint density at radius 1 is 1.06 bits per heavy atom. The van der Waals surface area contributed by atoms with Gasteiger partial charge < -0.3 is 14.8 Å². The van der Waals surface area contributed by atoms with Crippen LogP contribution < -0.4 is 14.8 Å². The molecule has 3 aromatic carbocycles. The topological polar surface area (TPSA) is 109 Å². The summed E-state index contributed by atoms with van der Waals surface area (Å²) >= 11 is 6.34. The lowest BCUT2D eigenvalue weighted by atomic mass is 10.1. The van der Waals surface area contributed by atoms with Crippen LogP contribution in [-0.2, 0) is 6.54 Å². The summed E-state index contributed by atoms with van der Waals surface area (Å²) in [5.41, 5.74) is 2.39. The minimum absolute atomic E-state index is 0.112. The van der Waals surface area contributed by atoms with Gasteiger partial charge in [0, 0.05) is 24.2 Å². The van der Waals surface area contributed by atoms with Crippen molar-refractivity contribution in [1.29, 1.82) is 0 Å². The van der Waals surface area contributed by atoms with Crippen molar-refractivity contribution in [2.75, 3.05) is 6.79 Å². The van der Waals surface area contributed by atoms with Gasteiger partial charge in [-0.15, -0.1) is 0 Å². The Morgan fingerprint density at radius 3 is 2.71 bits per heavy atom. The second kappa shape index (κ2) is 8.87. The quantitative estimate of drug-likeness (QED) is 0.317. The van der Waals surface area contributed by atoms with Crippen LogP contribution in [0.5, 0.6) is 11.5 Å². The van der Waals surface area contributed by atoms with Crippen LogP contribution >= 0.6 is 11.6 Å². The summed E-state index contributed by atoms with van der Waals surface area (Å²) < 4.78 is 12.1. The summed E-state index contributed by atoms with van der Waals surface area (Å²) in [5.74, 6) is 0.868. The number of hydrogen-bond acceptors (Lipinski definition) is 6. The molecule has 2 heterocycles. The van der Waals surface area contributed by atoms with Gasteiger partial charge in [0.1, 0.15) is 5.69 Å². The summed E-state index contributed by atoms with van der Waals surface area (Å²) in [7, 11) is 0. The zero-order valence-corrected chi connectivity index (χ0v) is 18.4. The van der Waals surface area contributed by atoms with E-state index in [1.165, 1.54) is 16.8 Å². The molecule has 1 amide bonds. The Hall–Kier alpha value is -4.37. The number of carbonyl (C=O) groups excluding carboxylic acids is 1. The molecule has 10 heteroatoms. The molecular weight excluding hydrogens is 460 g/mol. The lowest BCUT2D eigenvalue weighted by Crippen LogP contribution is -2.25. The Morgan fingerprint density at radius 2 is 1.88 bits per heavy atom. The molecule has 1 aromatic heterocycles. The van der Waals surface area contributed by atoms with Crippen LogP contribution in [0.3, 0.4) is 0 Å². The fourth-order valence-corrected chi connectivity index (χ4v) is 3.83. The number of fused-ring (bicyclic) bond motifs is 1. The molecule has 0 saturated heterocycles. The molecule has 34 heavy (non-hydrogen) atoms. The van der Waals surface area contributed by atoms with E-state index in [0.29, 0.717) is 33.5 Å². The number of nitrogens with zero attached hydrogens (tertiary/aromatic N) is 3. The molecule has 9 nitrogen and oxygen atoms in total. The zero-order valence-electron chi connectivity index (χ0n) is 17.6. The van der Waals surface area contributed by atoms with Crippen LogP contribution in [0, 0.1) is 10.1 Å². The van der Waals surface area contributed by atoms with Gasteiger partial charge in [-0.25, -0.2) is 4.68 Å². The van der Waals surface area contributed by atoms with Gasteiger partial charge in [-0.3, -0.25) is 14.9 Å². The standard InChI is InChI=1S/C24H17ClN4O5/c25-19-7-2-1-6-18(19)20-12-21(28(27-20)16-4-3-5-17(11-16)29(31)32)24(30)26-13-15-8-9-22-23(10-15)34-14-33-22/h1-12H,13-14H2,(H,26,30). The van der Waals surface area contributed by atoms with Crippen LogP contribution in [0.1, 0.15) is 16.1 Å². The van der Waals surface area contributed by atoms with Crippen molar-refractivity contribution in [3.63, 3.8) is 0 Å². The van der Waals surface area contributed by atoms with Gasteiger partial charge in [0.2, 0.25) is 6.79 Å². The SMILES string of the molecule is O=C(NCc1ccc2c(c1)OCO2)c1cc(-c2ccccc2Cl)nn1-c1cccc([N+](=O)[O-])c1. The predicted molar refractivity (Wildman–Crippen MR) is 124 cm³/mol. The molecule has 0 spiro atoms. The number of ether oxygens (including phenoxy) is 2. The lowest BCUT2D eigenvalue weighted by Gasteiger charge is -2.09. The van der Waals surface area contributed by atoms with Crippen LogP contribution in [0.2, 0.25) is 5.02 Å². The maximum Gasteiger partial charge on any atom is 0.271 e. The molecule has 1 aliphatic rings. The summed E-state index contributed by atoms with van der Waals surface area (Å²) in [6, 6.07) is 20.1. The van der Waals surface area contributed by atoms with Crippen molar-refractivity contribution < 1.29 is 19.2 Å². The smallest absolute Gasteiger partial charge is 0.271 e. The van der Waals surface area contributed by atoms with Gasteiger partial charge in [0.05, 0.1) is 21.3 Å². The van der Waals surface area contributed by atoms with E-state index in [1.807, 2.05) is 12.1 Å². The van der Waals surface area contributed by atoms with Gasteiger partial charge in [0.15, 0.2) is 11.5 Å². The highest BCUT2D eigenvalue weighted by Crippen LogP contribution is 2.32. The number of nitro benzene ring substituents is 1.